The molecular formula is C9H16N4. The third-order valence-corrected chi connectivity index (χ3v) is 2.76. The summed E-state index contributed by atoms with van der Waals surface area (Å²) in [6.45, 7) is 5.25. The zero-order chi connectivity index (χ0) is 9.42. The van der Waals surface area contributed by atoms with Crippen LogP contribution in [-0.2, 0) is 7.05 Å². The number of hydrogen-bond donors (Lipinski definition) is 1. The lowest BCUT2D eigenvalue weighted by molar-refractivity contribution is 0.538. The maximum absolute atomic E-state index is 4.45. The molecular weight excluding hydrogens is 164 g/mol. The van der Waals surface area contributed by atoms with Crippen LogP contribution in [0.2, 0.25) is 0 Å². The highest BCUT2D eigenvalue weighted by atomic mass is 15.3. The largest absolute Gasteiger partial charge is 0.314 e. The van der Waals surface area contributed by atoms with Crippen molar-refractivity contribution in [3.8, 4) is 0 Å². The zero-order valence-electron chi connectivity index (χ0n) is 8.41. The van der Waals surface area contributed by atoms with E-state index in [4.69, 9.17) is 0 Å². The second kappa shape index (κ2) is 3.10. The van der Waals surface area contributed by atoms with Crippen LogP contribution >= 0.6 is 0 Å². The summed E-state index contributed by atoms with van der Waals surface area (Å²) in [5.74, 6) is 2.53. The number of aromatic nitrogens is 3. The molecule has 0 radical (unpaired) electrons. The monoisotopic (exact) mass is 180 g/mol. The van der Waals surface area contributed by atoms with Crippen LogP contribution in [0.3, 0.4) is 0 Å². The smallest absolute Gasteiger partial charge is 0.147 e. The fourth-order valence-electron chi connectivity index (χ4n) is 2.06. The van der Waals surface area contributed by atoms with Gasteiger partial charge in [-0.2, -0.15) is 5.10 Å². The van der Waals surface area contributed by atoms with Crippen molar-refractivity contribution >= 4 is 0 Å². The van der Waals surface area contributed by atoms with Gasteiger partial charge in [-0.15, -0.1) is 0 Å². The number of nitrogens with zero attached hydrogens (tertiary/aromatic N) is 3. The quantitative estimate of drug-likeness (QED) is 0.687. The molecule has 0 spiro atoms. The maximum atomic E-state index is 4.45. The van der Waals surface area contributed by atoms with Crippen molar-refractivity contribution in [1.29, 1.82) is 0 Å². The Hall–Kier alpha value is -0.900. The summed E-state index contributed by atoms with van der Waals surface area (Å²) in [7, 11) is 1.97. The molecule has 13 heavy (non-hydrogen) atoms. The van der Waals surface area contributed by atoms with Crippen LogP contribution in [-0.4, -0.2) is 27.4 Å². The van der Waals surface area contributed by atoms with Gasteiger partial charge in [0.1, 0.15) is 11.6 Å². The van der Waals surface area contributed by atoms with Crippen LogP contribution in [0.1, 0.15) is 30.9 Å². The SMILES string of the molecule is Cc1nc(C2CCNC2C)n(C)n1. The second-order valence-electron chi connectivity index (χ2n) is 3.78. The van der Waals surface area contributed by atoms with Gasteiger partial charge in [0.2, 0.25) is 0 Å². The Morgan fingerprint density at radius 3 is 2.77 bits per heavy atom. The molecule has 1 N–H and O–H groups in total. The topological polar surface area (TPSA) is 42.7 Å². The van der Waals surface area contributed by atoms with Gasteiger partial charge < -0.3 is 5.32 Å². The fraction of sp³-hybridized carbons (Fsp3) is 0.778. The summed E-state index contributed by atoms with van der Waals surface area (Å²) in [6.07, 6.45) is 1.17. The average molecular weight is 180 g/mol. The standard InChI is InChI=1S/C9H16N4/c1-6-8(4-5-10-6)9-11-7(2)12-13(9)3/h6,8,10H,4-5H2,1-3H3. The molecule has 1 aliphatic heterocycles. The minimum atomic E-state index is 0.530. The number of rotatable bonds is 1. The number of nitrogens with one attached hydrogen (secondary N) is 1. The van der Waals surface area contributed by atoms with E-state index in [-0.39, 0.29) is 0 Å². The fourth-order valence-corrected chi connectivity index (χ4v) is 2.06. The third kappa shape index (κ3) is 1.46. The molecule has 1 aliphatic rings. The molecule has 2 rings (SSSR count). The maximum Gasteiger partial charge on any atom is 0.147 e. The predicted molar refractivity (Wildman–Crippen MR) is 50.6 cm³/mol. The van der Waals surface area contributed by atoms with Crippen molar-refractivity contribution in [3.05, 3.63) is 11.6 Å². The molecule has 0 bridgehead atoms. The van der Waals surface area contributed by atoms with E-state index in [1.807, 2.05) is 18.7 Å². The van der Waals surface area contributed by atoms with Crippen molar-refractivity contribution in [3.63, 3.8) is 0 Å². The lowest BCUT2D eigenvalue weighted by atomic mass is 10.0. The Balaban J connectivity index is 2.28. The summed E-state index contributed by atoms with van der Waals surface area (Å²) in [5.41, 5.74) is 0. The molecule has 1 fully saturated rings. The van der Waals surface area contributed by atoms with Crippen LogP contribution in [0.5, 0.6) is 0 Å². The molecule has 1 aromatic heterocycles. The molecule has 2 unspecified atom stereocenters. The van der Waals surface area contributed by atoms with E-state index < -0.39 is 0 Å². The zero-order valence-corrected chi connectivity index (χ0v) is 8.41. The van der Waals surface area contributed by atoms with Crippen LogP contribution < -0.4 is 5.32 Å². The summed E-state index contributed by atoms with van der Waals surface area (Å²) in [5, 5.41) is 7.69. The van der Waals surface area contributed by atoms with Crippen molar-refractivity contribution in [2.24, 2.45) is 7.05 Å². The molecule has 1 aromatic rings. The second-order valence-corrected chi connectivity index (χ2v) is 3.78. The number of aryl methyl sites for hydroxylation is 2. The van der Waals surface area contributed by atoms with Crippen LogP contribution in [0, 0.1) is 6.92 Å². The van der Waals surface area contributed by atoms with Crippen molar-refractivity contribution in [2.75, 3.05) is 6.54 Å². The van der Waals surface area contributed by atoms with E-state index in [2.05, 4.69) is 22.3 Å². The minimum absolute atomic E-state index is 0.530. The van der Waals surface area contributed by atoms with Gasteiger partial charge in [0, 0.05) is 19.0 Å². The summed E-state index contributed by atoms with van der Waals surface area (Å²) >= 11 is 0. The molecule has 4 heteroatoms. The van der Waals surface area contributed by atoms with E-state index in [1.54, 1.807) is 0 Å². The van der Waals surface area contributed by atoms with Crippen LogP contribution in [0.4, 0.5) is 0 Å². The first-order chi connectivity index (χ1) is 6.18. The molecule has 72 valence electrons. The molecule has 2 heterocycles. The van der Waals surface area contributed by atoms with E-state index in [1.165, 1.54) is 6.42 Å². The lowest BCUT2D eigenvalue weighted by Gasteiger charge is -2.13. The average Bonchev–Trinajstić information content (AvgIpc) is 2.58. The molecule has 0 aliphatic carbocycles. The van der Waals surface area contributed by atoms with Crippen LogP contribution in [0.25, 0.3) is 0 Å². The molecule has 2 atom stereocenters. The van der Waals surface area contributed by atoms with Gasteiger partial charge in [-0.05, 0) is 26.8 Å². The predicted octanol–water partition coefficient (Wildman–Crippen LogP) is 0.589. The first-order valence-corrected chi connectivity index (χ1v) is 4.79. The number of hydrogen-bond acceptors (Lipinski definition) is 3. The van der Waals surface area contributed by atoms with Gasteiger partial charge in [0.25, 0.3) is 0 Å². The van der Waals surface area contributed by atoms with Gasteiger partial charge >= 0.3 is 0 Å². The van der Waals surface area contributed by atoms with Crippen molar-refractivity contribution < 1.29 is 0 Å². The Kier molecular flexibility index (Phi) is 2.07. The third-order valence-electron chi connectivity index (χ3n) is 2.76. The van der Waals surface area contributed by atoms with Gasteiger partial charge in [0.15, 0.2) is 0 Å². The Morgan fingerprint density at radius 1 is 1.54 bits per heavy atom. The Bertz CT molecular complexity index is 305. The van der Waals surface area contributed by atoms with E-state index in [9.17, 15) is 0 Å². The first-order valence-electron chi connectivity index (χ1n) is 4.79. The van der Waals surface area contributed by atoms with Gasteiger partial charge in [-0.3, -0.25) is 4.68 Å². The highest BCUT2D eigenvalue weighted by Crippen LogP contribution is 2.25. The van der Waals surface area contributed by atoms with Crippen LogP contribution in [0.15, 0.2) is 0 Å². The minimum Gasteiger partial charge on any atom is -0.314 e. The van der Waals surface area contributed by atoms with Gasteiger partial charge in [-0.1, -0.05) is 0 Å². The van der Waals surface area contributed by atoms with E-state index in [0.29, 0.717) is 12.0 Å². The summed E-state index contributed by atoms with van der Waals surface area (Å²) in [4.78, 5) is 4.45. The Labute approximate surface area is 78.4 Å². The summed E-state index contributed by atoms with van der Waals surface area (Å²) in [6, 6.07) is 0.530. The van der Waals surface area contributed by atoms with Crippen molar-refractivity contribution in [1.82, 2.24) is 20.1 Å². The Morgan fingerprint density at radius 2 is 2.31 bits per heavy atom. The lowest BCUT2D eigenvalue weighted by Crippen LogP contribution is -2.23. The molecule has 0 saturated carbocycles. The van der Waals surface area contributed by atoms with Gasteiger partial charge in [-0.25, -0.2) is 4.98 Å². The van der Waals surface area contributed by atoms with Crippen molar-refractivity contribution in [2.45, 2.75) is 32.2 Å². The highest BCUT2D eigenvalue weighted by molar-refractivity contribution is 5.05. The molecule has 0 amide bonds. The highest BCUT2D eigenvalue weighted by Gasteiger charge is 2.28. The first kappa shape index (κ1) is 8.69. The molecule has 4 nitrogen and oxygen atoms in total. The summed E-state index contributed by atoms with van der Waals surface area (Å²) < 4.78 is 1.91. The normalized spacial score (nSPS) is 28.2. The molecule has 1 saturated heterocycles. The molecule has 0 aromatic carbocycles. The van der Waals surface area contributed by atoms with E-state index in [0.717, 1.165) is 18.2 Å². The van der Waals surface area contributed by atoms with E-state index >= 15 is 0 Å². The van der Waals surface area contributed by atoms with Gasteiger partial charge in [0.05, 0.1) is 0 Å².